The molecule has 6 nitrogen and oxygen atoms in total. The van der Waals surface area contributed by atoms with Gasteiger partial charge in [-0.05, 0) is 56.4 Å². The summed E-state index contributed by atoms with van der Waals surface area (Å²) >= 11 is 0. The molecule has 0 saturated carbocycles. The van der Waals surface area contributed by atoms with E-state index < -0.39 is 11.2 Å². The van der Waals surface area contributed by atoms with Gasteiger partial charge in [0.15, 0.2) is 17.6 Å². The number of nitrogens with zero attached hydrogens (tertiary/aromatic N) is 1. The van der Waals surface area contributed by atoms with Crippen molar-refractivity contribution in [3.05, 3.63) is 47.1 Å². The lowest BCUT2D eigenvalue weighted by atomic mass is 9.60. The highest BCUT2D eigenvalue weighted by Gasteiger charge is 2.64. The summed E-state index contributed by atoms with van der Waals surface area (Å²) in [5.41, 5.74) is 3.01. The molecule has 3 atom stereocenters. The van der Waals surface area contributed by atoms with Crippen molar-refractivity contribution in [2.45, 2.75) is 29.8 Å². The smallest absolute Gasteiger partial charge is 0.227 e. The highest BCUT2D eigenvalue weighted by Crippen LogP contribution is 2.62. The highest BCUT2D eigenvalue weighted by molar-refractivity contribution is 5.67. The predicted molar refractivity (Wildman–Crippen MR) is 106 cm³/mol. The van der Waals surface area contributed by atoms with Crippen molar-refractivity contribution in [1.82, 2.24) is 4.90 Å². The first-order valence-corrected chi connectivity index (χ1v) is 9.54. The number of hydrogen-bond acceptors (Lipinski definition) is 6. The van der Waals surface area contributed by atoms with E-state index >= 15 is 0 Å². The lowest BCUT2D eigenvalue weighted by molar-refractivity contribution is -0.230. The molecule has 6 heteroatoms. The quantitative estimate of drug-likeness (QED) is 0.671. The summed E-state index contributed by atoms with van der Waals surface area (Å²) in [6.45, 7) is 0.891. The normalized spacial score (nSPS) is 28.8. The van der Waals surface area contributed by atoms with Crippen LogP contribution < -0.4 is 9.47 Å². The van der Waals surface area contributed by atoms with Gasteiger partial charge in [-0.2, -0.15) is 0 Å². The van der Waals surface area contributed by atoms with E-state index in [1.807, 2.05) is 12.1 Å². The third-order valence-corrected chi connectivity index (χ3v) is 6.36. The molecule has 1 heterocycles. The molecule has 0 aromatic heterocycles. The van der Waals surface area contributed by atoms with Crippen LogP contribution in [0.2, 0.25) is 0 Å². The third-order valence-electron chi connectivity index (χ3n) is 6.36. The second-order valence-corrected chi connectivity index (χ2v) is 7.82. The Kier molecular flexibility index (Phi) is 4.78. The zero-order chi connectivity index (χ0) is 20.1. The fraction of sp³-hybridized carbons (Fsp3) is 0.545. The van der Waals surface area contributed by atoms with E-state index in [9.17, 15) is 0 Å². The summed E-state index contributed by atoms with van der Waals surface area (Å²) in [4.78, 5) is 2.19. The lowest BCUT2D eigenvalue weighted by Crippen LogP contribution is -2.60. The Balaban J connectivity index is 2.02. The maximum absolute atomic E-state index is 6.61. The number of ether oxygens (including phenoxy) is 5. The third kappa shape index (κ3) is 2.42. The van der Waals surface area contributed by atoms with Crippen LogP contribution in [0.15, 0.2) is 35.9 Å². The van der Waals surface area contributed by atoms with Gasteiger partial charge < -0.3 is 28.6 Å². The second kappa shape index (κ2) is 6.88. The van der Waals surface area contributed by atoms with E-state index in [1.54, 1.807) is 28.4 Å². The summed E-state index contributed by atoms with van der Waals surface area (Å²) in [6.07, 6.45) is 6.61. The van der Waals surface area contributed by atoms with Gasteiger partial charge in [0.2, 0.25) is 5.79 Å². The number of benzene rings is 1. The minimum atomic E-state index is -0.981. The average Bonchev–Trinajstić information content (AvgIpc) is 3.08. The Labute approximate surface area is 166 Å². The number of methoxy groups -OCH3 is 4. The molecule has 1 aromatic rings. The fourth-order valence-corrected chi connectivity index (χ4v) is 4.95. The van der Waals surface area contributed by atoms with Crippen molar-refractivity contribution >= 4 is 0 Å². The van der Waals surface area contributed by atoms with E-state index in [0.29, 0.717) is 0 Å². The van der Waals surface area contributed by atoms with E-state index in [2.05, 4.69) is 37.2 Å². The van der Waals surface area contributed by atoms with Crippen molar-refractivity contribution in [2.24, 2.45) is 0 Å². The minimum absolute atomic E-state index is 0.133. The molecule has 0 saturated heterocycles. The Morgan fingerprint density at radius 2 is 1.86 bits per heavy atom. The van der Waals surface area contributed by atoms with E-state index in [4.69, 9.17) is 23.7 Å². The zero-order valence-electron chi connectivity index (χ0n) is 17.4. The van der Waals surface area contributed by atoms with E-state index in [0.717, 1.165) is 35.6 Å². The molecule has 0 N–H and O–H groups in total. The van der Waals surface area contributed by atoms with Gasteiger partial charge in [-0.1, -0.05) is 12.1 Å². The molecular weight excluding hydrogens is 358 g/mol. The summed E-state index contributed by atoms with van der Waals surface area (Å²) < 4.78 is 29.9. The van der Waals surface area contributed by atoms with Crippen molar-refractivity contribution in [2.75, 3.05) is 49.1 Å². The molecule has 1 aromatic carbocycles. The SMILES string of the molecule is COc1ccc2c3c1O[C@H]1C(OC)(OC)C=CC(=CC2OC)[C@@]31CCN(C)C. The molecule has 0 radical (unpaired) electrons. The maximum atomic E-state index is 6.61. The van der Waals surface area contributed by atoms with Crippen LogP contribution >= 0.6 is 0 Å². The van der Waals surface area contributed by atoms with Crippen LogP contribution in [0.25, 0.3) is 0 Å². The topological polar surface area (TPSA) is 49.4 Å². The van der Waals surface area contributed by atoms with Gasteiger partial charge in [-0.25, -0.2) is 0 Å². The van der Waals surface area contributed by atoms with Crippen LogP contribution in [0.5, 0.6) is 11.5 Å². The van der Waals surface area contributed by atoms with Crippen LogP contribution in [0.4, 0.5) is 0 Å². The van der Waals surface area contributed by atoms with Crippen LogP contribution in [0.3, 0.4) is 0 Å². The molecule has 152 valence electrons. The minimum Gasteiger partial charge on any atom is -0.493 e. The summed E-state index contributed by atoms with van der Waals surface area (Å²) in [5.74, 6) is 0.498. The van der Waals surface area contributed by atoms with Gasteiger partial charge in [-0.15, -0.1) is 0 Å². The molecule has 2 aliphatic carbocycles. The van der Waals surface area contributed by atoms with Crippen LogP contribution in [-0.2, 0) is 19.6 Å². The Morgan fingerprint density at radius 1 is 1.11 bits per heavy atom. The van der Waals surface area contributed by atoms with Crippen LogP contribution in [0, 0.1) is 0 Å². The molecule has 28 heavy (non-hydrogen) atoms. The van der Waals surface area contributed by atoms with Gasteiger partial charge in [0, 0.05) is 26.9 Å². The first kappa shape index (κ1) is 19.5. The van der Waals surface area contributed by atoms with Gasteiger partial charge in [-0.3, -0.25) is 0 Å². The van der Waals surface area contributed by atoms with E-state index in [-0.39, 0.29) is 12.2 Å². The summed E-state index contributed by atoms with van der Waals surface area (Å²) in [7, 11) is 10.9. The monoisotopic (exact) mass is 387 g/mol. The molecule has 0 fully saturated rings. The first-order valence-electron chi connectivity index (χ1n) is 9.54. The van der Waals surface area contributed by atoms with Crippen molar-refractivity contribution in [1.29, 1.82) is 0 Å². The molecule has 0 amide bonds. The molecule has 0 spiro atoms. The number of rotatable bonds is 7. The zero-order valence-corrected chi connectivity index (χ0v) is 17.4. The Hall–Kier alpha value is -1.86. The van der Waals surface area contributed by atoms with Crippen molar-refractivity contribution in [3.8, 4) is 11.5 Å². The van der Waals surface area contributed by atoms with Gasteiger partial charge >= 0.3 is 0 Å². The molecule has 1 unspecified atom stereocenters. The molecule has 1 aliphatic heterocycles. The lowest BCUT2D eigenvalue weighted by Gasteiger charge is -2.49. The van der Waals surface area contributed by atoms with E-state index in [1.165, 1.54) is 5.57 Å². The predicted octanol–water partition coefficient (Wildman–Crippen LogP) is 2.83. The van der Waals surface area contributed by atoms with Gasteiger partial charge in [0.25, 0.3) is 0 Å². The summed E-state index contributed by atoms with van der Waals surface area (Å²) in [5, 5.41) is 0. The van der Waals surface area contributed by atoms with Crippen LogP contribution in [-0.4, -0.2) is 65.9 Å². The van der Waals surface area contributed by atoms with Crippen molar-refractivity contribution < 1.29 is 23.7 Å². The maximum Gasteiger partial charge on any atom is 0.227 e. The Bertz CT molecular complexity index is 826. The van der Waals surface area contributed by atoms with Gasteiger partial charge in [0.1, 0.15) is 6.10 Å². The molecule has 0 bridgehead atoms. The second-order valence-electron chi connectivity index (χ2n) is 7.82. The van der Waals surface area contributed by atoms with Crippen LogP contribution in [0.1, 0.15) is 23.7 Å². The molecule has 3 aliphatic rings. The largest absolute Gasteiger partial charge is 0.493 e. The first-order chi connectivity index (χ1) is 13.5. The highest BCUT2D eigenvalue weighted by atomic mass is 16.7. The summed E-state index contributed by atoms with van der Waals surface area (Å²) in [6, 6.07) is 4.03. The van der Waals surface area contributed by atoms with Gasteiger partial charge in [0.05, 0.1) is 12.5 Å². The molecule has 4 rings (SSSR count). The number of hydrogen-bond donors (Lipinski definition) is 0. The number of allylic oxidation sites excluding steroid dienone is 1. The van der Waals surface area contributed by atoms with Crippen molar-refractivity contribution in [3.63, 3.8) is 0 Å². The Morgan fingerprint density at radius 3 is 2.46 bits per heavy atom. The fourth-order valence-electron chi connectivity index (χ4n) is 4.95. The standard InChI is InChI=1S/C22H29NO5/c1-23(2)12-11-21-14-9-10-22(26-5,27-6)20(21)28-19-16(24-3)8-7-15(18(19)21)17(13-14)25-4/h7-10,13,17,20H,11-12H2,1-6H3/t17?,20-,21+/m1/s1. The average molecular weight is 387 g/mol. The molecular formula is C22H29NO5.